The SMILES string of the molecule is CCCN(CCC)c1nccc(C(=O)Nc2cccc(OC)c2)n1. The van der Waals surface area contributed by atoms with E-state index in [0.29, 0.717) is 23.1 Å². The summed E-state index contributed by atoms with van der Waals surface area (Å²) in [7, 11) is 1.59. The van der Waals surface area contributed by atoms with Gasteiger partial charge in [-0.15, -0.1) is 0 Å². The van der Waals surface area contributed by atoms with Crippen LogP contribution in [-0.4, -0.2) is 36.1 Å². The van der Waals surface area contributed by atoms with E-state index in [1.165, 1.54) is 0 Å². The van der Waals surface area contributed by atoms with E-state index in [4.69, 9.17) is 4.74 Å². The van der Waals surface area contributed by atoms with Crippen molar-refractivity contribution < 1.29 is 9.53 Å². The fraction of sp³-hybridized carbons (Fsp3) is 0.389. The third-order valence-electron chi connectivity index (χ3n) is 3.47. The van der Waals surface area contributed by atoms with Crippen LogP contribution in [0.5, 0.6) is 5.75 Å². The Balaban J connectivity index is 2.15. The van der Waals surface area contributed by atoms with Crippen molar-refractivity contribution in [3.05, 3.63) is 42.2 Å². The second-order valence-electron chi connectivity index (χ2n) is 5.42. The summed E-state index contributed by atoms with van der Waals surface area (Å²) in [5.74, 6) is 1.02. The zero-order valence-corrected chi connectivity index (χ0v) is 14.5. The minimum absolute atomic E-state index is 0.264. The molecule has 1 aromatic heterocycles. The first-order valence-corrected chi connectivity index (χ1v) is 8.21. The van der Waals surface area contributed by atoms with E-state index in [9.17, 15) is 4.79 Å². The Morgan fingerprint density at radius 1 is 1.21 bits per heavy atom. The molecular formula is C18H24N4O2. The van der Waals surface area contributed by atoms with Crippen molar-refractivity contribution in [1.82, 2.24) is 9.97 Å². The van der Waals surface area contributed by atoms with Gasteiger partial charge in [0.2, 0.25) is 5.95 Å². The maximum Gasteiger partial charge on any atom is 0.274 e. The van der Waals surface area contributed by atoms with Gasteiger partial charge in [0.15, 0.2) is 0 Å². The van der Waals surface area contributed by atoms with Crippen LogP contribution in [0.2, 0.25) is 0 Å². The largest absolute Gasteiger partial charge is 0.497 e. The molecule has 0 atom stereocenters. The molecular weight excluding hydrogens is 304 g/mol. The highest BCUT2D eigenvalue weighted by atomic mass is 16.5. The Morgan fingerprint density at radius 3 is 2.62 bits per heavy atom. The summed E-state index contributed by atoms with van der Waals surface area (Å²) in [5, 5.41) is 2.84. The van der Waals surface area contributed by atoms with E-state index in [-0.39, 0.29) is 5.91 Å². The van der Waals surface area contributed by atoms with Gasteiger partial charge >= 0.3 is 0 Å². The normalized spacial score (nSPS) is 10.3. The second kappa shape index (κ2) is 8.86. The average Bonchev–Trinajstić information content (AvgIpc) is 2.62. The molecule has 2 rings (SSSR count). The average molecular weight is 328 g/mol. The number of aromatic nitrogens is 2. The van der Waals surface area contributed by atoms with Crippen LogP contribution in [0.15, 0.2) is 36.5 Å². The summed E-state index contributed by atoms with van der Waals surface area (Å²) in [6.07, 6.45) is 3.63. The molecule has 2 aromatic rings. The van der Waals surface area contributed by atoms with Gasteiger partial charge in [0.1, 0.15) is 11.4 Å². The van der Waals surface area contributed by atoms with Gasteiger partial charge in [-0.3, -0.25) is 4.79 Å². The molecule has 1 N–H and O–H groups in total. The van der Waals surface area contributed by atoms with Crippen LogP contribution in [0.1, 0.15) is 37.2 Å². The number of carbonyl (C=O) groups excluding carboxylic acids is 1. The van der Waals surface area contributed by atoms with Gasteiger partial charge in [-0.25, -0.2) is 9.97 Å². The molecule has 6 heteroatoms. The number of ether oxygens (including phenoxy) is 1. The van der Waals surface area contributed by atoms with Crippen LogP contribution < -0.4 is 15.0 Å². The summed E-state index contributed by atoms with van der Waals surface area (Å²) >= 11 is 0. The number of nitrogens with zero attached hydrogens (tertiary/aromatic N) is 3. The molecule has 0 aliphatic carbocycles. The van der Waals surface area contributed by atoms with Crippen LogP contribution in [0, 0.1) is 0 Å². The Hall–Kier alpha value is -2.63. The first-order chi connectivity index (χ1) is 11.7. The summed E-state index contributed by atoms with van der Waals surface area (Å²) in [4.78, 5) is 23.3. The van der Waals surface area contributed by atoms with Crippen molar-refractivity contribution in [1.29, 1.82) is 0 Å². The molecule has 128 valence electrons. The summed E-state index contributed by atoms with van der Waals surface area (Å²) in [6.45, 7) is 5.97. The van der Waals surface area contributed by atoms with E-state index in [0.717, 1.165) is 25.9 Å². The molecule has 0 aliphatic rings. The van der Waals surface area contributed by atoms with Gasteiger partial charge in [0.05, 0.1) is 7.11 Å². The minimum Gasteiger partial charge on any atom is -0.497 e. The van der Waals surface area contributed by atoms with E-state index in [2.05, 4.69) is 34.0 Å². The van der Waals surface area contributed by atoms with Crippen LogP contribution in [-0.2, 0) is 0 Å². The molecule has 0 fully saturated rings. The van der Waals surface area contributed by atoms with Gasteiger partial charge in [-0.2, -0.15) is 0 Å². The molecule has 0 aliphatic heterocycles. The lowest BCUT2D eigenvalue weighted by atomic mass is 10.3. The van der Waals surface area contributed by atoms with Crippen LogP contribution in [0.25, 0.3) is 0 Å². The molecule has 1 heterocycles. The molecule has 1 amide bonds. The molecule has 0 saturated heterocycles. The van der Waals surface area contributed by atoms with Crippen molar-refractivity contribution in [3.63, 3.8) is 0 Å². The molecule has 1 aromatic carbocycles. The first-order valence-electron chi connectivity index (χ1n) is 8.21. The Kier molecular flexibility index (Phi) is 6.54. The van der Waals surface area contributed by atoms with Gasteiger partial charge in [0, 0.05) is 31.0 Å². The summed E-state index contributed by atoms with van der Waals surface area (Å²) < 4.78 is 5.16. The Morgan fingerprint density at radius 2 is 1.96 bits per heavy atom. The monoisotopic (exact) mass is 328 g/mol. The Labute approximate surface area is 142 Å². The number of anilines is 2. The number of benzene rings is 1. The number of rotatable bonds is 8. The second-order valence-corrected chi connectivity index (χ2v) is 5.42. The van der Waals surface area contributed by atoms with Crippen molar-refractivity contribution in [3.8, 4) is 5.75 Å². The number of hydrogen-bond donors (Lipinski definition) is 1. The van der Waals surface area contributed by atoms with Crippen LogP contribution in [0.3, 0.4) is 0 Å². The predicted molar refractivity (Wildman–Crippen MR) is 95.8 cm³/mol. The smallest absolute Gasteiger partial charge is 0.274 e. The van der Waals surface area contributed by atoms with Crippen molar-refractivity contribution in [2.75, 3.05) is 30.4 Å². The fourth-order valence-corrected chi connectivity index (χ4v) is 2.37. The van der Waals surface area contributed by atoms with Crippen LogP contribution in [0.4, 0.5) is 11.6 Å². The maximum atomic E-state index is 12.4. The van der Waals surface area contributed by atoms with Crippen molar-refractivity contribution in [2.45, 2.75) is 26.7 Å². The van der Waals surface area contributed by atoms with Gasteiger partial charge in [-0.05, 0) is 31.0 Å². The molecule has 0 bridgehead atoms. The lowest BCUT2D eigenvalue weighted by Gasteiger charge is -2.21. The molecule has 0 spiro atoms. The highest BCUT2D eigenvalue weighted by Crippen LogP contribution is 2.17. The quantitative estimate of drug-likeness (QED) is 0.805. The standard InChI is InChI=1S/C18H24N4O2/c1-4-11-22(12-5-2)18-19-10-9-16(21-18)17(23)20-14-7-6-8-15(13-14)24-3/h6-10,13H,4-5,11-12H2,1-3H3,(H,20,23). The lowest BCUT2D eigenvalue weighted by molar-refractivity contribution is 0.102. The van der Waals surface area contributed by atoms with Crippen molar-refractivity contribution in [2.24, 2.45) is 0 Å². The highest BCUT2D eigenvalue weighted by molar-refractivity contribution is 6.03. The number of hydrogen-bond acceptors (Lipinski definition) is 5. The van der Waals surface area contributed by atoms with E-state index in [1.807, 2.05) is 18.2 Å². The Bertz CT molecular complexity index is 670. The number of carbonyl (C=O) groups is 1. The zero-order chi connectivity index (χ0) is 17.4. The van der Waals surface area contributed by atoms with E-state index < -0.39 is 0 Å². The van der Waals surface area contributed by atoms with E-state index in [1.54, 1.807) is 25.4 Å². The third-order valence-corrected chi connectivity index (χ3v) is 3.47. The minimum atomic E-state index is -0.264. The molecule has 0 saturated carbocycles. The molecule has 6 nitrogen and oxygen atoms in total. The fourth-order valence-electron chi connectivity index (χ4n) is 2.37. The van der Waals surface area contributed by atoms with Crippen molar-refractivity contribution >= 4 is 17.5 Å². The summed E-state index contributed by atoms with van der Waals surface area (Å²) in [5.41, 5.74) is 1.01. The van der Waals surface area contributed by atoms with Gasteiger partial charge in [0.25, 0.3) is 5.91 Å². The third kappa shape index (κ3) is 4.68. The topological polar surface area (TPSA) is 67.4 Å². The lowest BCUT2D eigenvalue weighted by Crippen LogP contribution is -2.27. The maximum absolute atomic E-state index is 12.4. The van der Waals surface area contributed by atoms with Gasteiger partial charge < -0.3 is 15.0 Å². The summed E-state index contributed by atoms with van der Waals surface area (Å²) in [6, 6.07) is 8.84. The molecule has 24 heavy (non-hydrogen) atoms. The first kappa shape index (κ1) is 17.7. The van der Waals surface area contributed by atoms with E-state index >= 15 is 0 Å². The molecule has 0 radical (unpaired) electrons. The zero-order valence-electron chi connectivity index (χ0n) is 14.5. The van der Waals surface area contributed by atoms with Gasteiger partial charge in [-0.1, -0.05) is 19.9 Å². The highest BCUT2D eigenvalue weighted by Gasteiger charge is 2.13. The van der Waals surface area contributed by atoms with Crippen LogP contribution >= 0.6 is 0 Å². The number of nitrogens with one attached hydrogen (secondary N) is 1. The predicted octanol–water partition coefficient (Wildman–Crippen LogP) is 3.36. The molecule has 0 unspecified atom stereocenters. The number of amides is 1. The number of methoxy groups -OCH3 is 1.